The summed E-state index contributed by atoms with van der Waals surface area (Å²) in [6, 6.07) is 12.2. The van der Waals surface area contributed by atoms with E-state index in [0.717, 1.165) is 43.0 Å². The quantitative estimate of drug-likeness (QED) is 0.855. The van der Waals surface area contributed by atoms with Crippen LogP contribution >= 0.6 is 0 Å². The van der Waals surface area contributed by atoms with Crippen molar-refractivity contribution in [2.75, 3.05) is 13.1 Å². The summed E-state index contributed by atoms with van der Waals surface area (Å²) in [6.07, 6.45) is 3.51. The molecule has 1 saturated heterocycles. The second kappa shape index (κ2) is 6.17. The maximum atomic E-state index is 12.0. The van der Waals surface area contributed by atoms with Gasteiger partial charge in [0.1, 0.15) is 11.5 Å². The first-order chi connectivity index (χ1) is 10.2. The van der Waals surface area contributed by atoms with Gasteiger partial charge in [-0.3, -0.25) is 4.79 Å². The molecule has 3 rings (SSSR count). The van der Waals surface area contributed by atoms with Crippen LogP contribution in [0.4, 0.5) is 0 Å². The zero-order chi connectivity index (χ0) is 14.7. The molecule has 0 unspecified atom stereocenters. The van der Waals surface area contributed by atoms with Crippen LogP contribution in [0, 0.1) is 6.92 Å². The summed E-state index contributed by atoms with van der Waals surface area (Å²) in [7, 11) is 0. The molecule has 0 N–H and O–H groups in total. The van der Waals surface area contributed by atoms with Crippen molar-refractivity contribution in [2.45, 2.75) is 32.6 Å². The first-order valence-electron chi connectivity index (χ1n) is 7.66. The van der Waals surface area contributed by atoms with Gasteiger partial charge in [-0.15, -0.1) is 0 Å². The predicted molar refractivity (Wildman–Crippen MR) is 83.0 cm³/mol. The van der Waals surface area contributed by atoms with Crippen LogP contribution in [0.25, 0.3) is 11.3 Å². The smallest absolute Gasteiger partial charge is 0.223 e. The van der Waals surface area contributed by atoms with Crippen molar-refractivity contribution in [2.24, 2.45) is 0 Å². The van der Waals surface area contributed by atoms with E-state index in [9.17, 15) is 4.79 Å². The number of nitrogens with zero attached hydrogens (tertiary/aromatic N) is 1. The van der Waals surface area contributed by atoms with Gasteiger partial charge in [0.25, 0.3) is 0 Å². The molecule has 1 aliphatic heterocycles. The molecule has 1 aliphatic rings. The van der Waals surface area contributed by atoms with E-state index in [1.807, 2.05) is 17.0 Å². The molecule has 0 radical (unpaired) electrons. The number of hydrogen-bond acceptors (Lipinski definition) is 2. The molecule has 0 spiro atoms. The van der Waals surface area contributed by atoms with Gasteiger partial charge < -0.3 is 9.32 Å². The van der Waals surface area contributed by atoms with Crippen LogP contribution in [0.5, 0.6) is 0 Å². The van der Waals surface area contributed by atoms with Gasteiger partial charge >= 0.3 is 0 Å². The molecule has 110 valence electrons. The summed E-state index contributed by atoms with van der Waals surface area (Å²) >= 11 is 0. The van der Waals surface area contributed by atoms with Crippen LogP contribution in [-0.2, 0) is 11.2 Å². The molecule has 0 bridgehead atoms. The highest BCUT2D eigenvalue weighted by Gasteiger charge is 2.18. The zero-order valence-electron chi connectivity index (χ0n) is 12.5. The number of amides is 1. The Morgan fingerprint density at radius 3 is 2.52 bits per heavy atom. The average molecular weight is 283 g/mol. The Labute approximate surface area is 125 Å². The van der Waals surface area contributed by atoms with Crippen molar-refractivity contribution in [3.8, 4) is 11.3 Å². The second-order valence-corrected chi connectivity index (χ2v) is 5.72. The highest BCUT2D eigenvalue weighted by molar-refractivity contribution is 5.76. The number of aryl methyl sites for hydroxylation is 2. The third kappa shape index (κ3) is 3.35. The van der Waals surface area contributed by atoms with Gasteiger partial charge in [0.05, 0.1) is 0 Å². The number of carbonyl (C=O) groups is 1. The largest absolute Gasteiger partial charge is 0.461 e. The Morgan fingerprint density at radius 1 is 1.10 bits per heavy atom. The number of likely N-dealkylation sites (tertiary alicyclic amines) is 1. The molecule has 3 nitrogen and oxygen atoms in total. The van der Waals surface area contributed by atoms with E-state index in [-0.39, 0.29) is 5.91 Å². The molecule has 0 aliphatic carbocycles. The number of carbonyl (C=O) groups excluding carboxylic acids is 1. The fourth-order valence-electron chi connectivity index (χ4n) is 2.74. The molecule has 0 atom stereocenters. The molecule has 2 heterocycles. The van der Waals surface area contributed by atoms with E-state index in [4.69, 9.17) is 4.42 Å². The summed E-state index contributed by atoms with van der Waals surface area (Å²) in [5, 5.41) is 0. The van der Waals surface area contributed by atoms with Crippen molar-refractivity contribution in [1.29, 1.82) is 0 Å². The van der Waals surface area contributed by atoms with Gasteiger partial charge in [0.15, 0.2) is 0 Å². The van der Waals surface area contributed by atoms with Crippen LogP contribution in [0.1, 0.15) is 30.6 Å². The summed E-state index contributed by atoms with van der Waals surface area (Å²) in [5.74, 6) is 2.01. The van der Waals surface area contributed by atoms with Gasteiger partial charge in [0.2, 0.25) is 5.91 Å². The highest BCUT2D eigenvalue weighted by atomic mass is 16.3. The SMILES string of the molecule is Cc1ccc(-c2ccc(CCC(=O)N3CCCC3)o2)cc1. The number of furan rings is 1. The number of benzene rings is 1. The number of hydrogen-bond donors (Lipinski definition) is 0. The first kappa shape index (κ1) is 13.9. The van der Waals surface area contributed by atoms with E-state index in [1.165, 1.54) is 5.56 Å². The van der Waals surface area contributed by atoms with Crippen molar-refractivity contribution < 1.29 is 9.21 Å². The van der Waals surface area contributed by atoms with E-state index >= 15 is 0 Å². The zero-order valence-corrected chi connectivity index (χ0v) is 12.5. The predicted octanol–water partition coefficient (Wildman–Crippen LogP) is 3.81. The molecule has 1 fully saturated rings. The Hall–Kier alpha value is -2.03. The second-order valence-electron chi connectivity index (χ2n) is 5.72. The highest BCUT2D eigenvalue weighted by Crippen LogP contribution is 2.23. The summed E-state index contributed by atoms with van der Waals surface area (Å²) in [5.41, 5.74) is 2.32. The third-order valence-corrected chi connectivity index (χ3v) is 4.04. The average Bonchev–Trinajstić information content (AvgIpc) is 3.17. The normalized spacial score (nSPS) is 14.6. The van der Waals surface area contributed by atoms with E-state index < -0.39 is 0 Å². The topological polar surface area (TPSA) is 33.5 Å². The molecule has 1 amide bonds. The molecular weight excluding hydrogens is 262 g/mol. The molecular formula is C18H21NO2. The van der Waals surface area contributed by atoms with Crippen LogP contribution in [0.2, 0.25) is 0 Å². The van der Waals surface area contributed by atoms with Crippen LogP contribution in [0.15, 0.2) is 40.8 Å². The summed E-state index contributed by atoms with van der Waals surface area (Å²) in [4.78, 5) is 14.0. The molecule has 0 saturated carbocycles. The maximum absolute atomic E-state index is 12.0. The van der Waals surface area contributed by atoms with Crippen molar-refractivity contribution >= 4 is 5.91 Å². The number of rotatable bonds is 4. The molecule has 1 aromatic carbocycles. The van der Waals surface area contributed by atoms with Crippen LogP contribution in [0.3, 0.4) is 0 Å². The minimum Gasteiger partial charge on any atom is -0.461 e. The first-order valence-corrected chi connectivity index (χ1v) is 7.66. The molecule has 2 aromatic rings. The Kier molecular flexibility index (Phi) is 4.09. The van der Waals surface area contributed by atoms with Crippen molar-refractivity contribution in [3.05, 3.63) is 47.7 Å². The standard InChI is InChI=1S/C18H21NO2/c1-14-4-6-15(7-5-14)17-10-8-16(21-17)9-11-18(20)19-12-2-3-13-19/h4-8,10H,2-3,9,11-13H2,1H3. The lowest BCUT2D eigenvalue weighted by Crippen LogP contribution is -2.27. The molecule has 21 heavy (non-hydrogen) atoms. The third-order valence-electron chi connectivity index (χ3n) is 4.04. The van der Waals surface area contributed by atoms with E-state index in [2.05, 4.69) is 31.2 Å². The van der Waals surface area contributed by atoms with Crippen LogP contribution in [-0.4, -0.2) is 23.9 Å². The van der Waals surface area contributed by atoms with Gasteiger partial charge in [-0.2, -0.15) is 0 Å². The van der Waals surface area contributed by atoms with E-state index in [0.29, 0.717) is 12.8 Å². The Bertz CT molecular complexity index is 606. The maximum Gasteiger partial charge on any atom is 0.223 e. The van der Waals surface area contributed by atoms with Gasteiger partial charge in [-0.1, -0.05) is 29.8 Å². The minimum atomic E-state index is 0.251. The summed E-state index contributed by atoms with van der Waals surface area (Å²) < 4.78 is 5.85. The van der Waals surface area contributed by atoms with Crippen molar-refractivity contribution in [1.82, 2.24) is 4.90 Å². The lowest BCUT2D eigenvalue weighted by Gasteiger charge is -2.14. The lowest BCUT2D eigenvalue weighted by molar-refractivity contribution is -0.130. The lowest BCUT2D eigenvalue weighted by atomic mass is 10.1. The van der Waals surface area contributed by atoms with Gasteiger partial charge in [0, 0.05) is 31.5 Å². The fourth-order valence-corrected chi connectivity index (χ4v) is 2.74. The van der Waals surface area contributed by atoms with Crippen LogP contribution < -0.4 is 0 Å². The van der Waals surface area contributed by atoms with E-state index in [1.54, 1.807) is 0 Å². The molecule has 3 heteroatoms. The van der Waals surface area contributed by atoms with Gasteiger partial charge in [-0.05, 0) is 31.9 Å². The summed E-state index contributed by atoms with van der Waals surface area (Å²) in [6.45, 7) is 3.92. The van der Waals surface area contributed by atoms with Gasteiger partial charge in [-0.25, -0.2) is 0 Å². The minimum absolute atomic E-state index is 0.251. The Balaban J connectivity index is 1.60. The fraction of sp³-hybridized carbons (Fsp3) is 0.389. The molecule has 1 aromatic heterocycles. The Morgan fingerprint density at radius 2 is 1.81 bits per heavy atom. The monoisotopic (exact) mass is 283 g/mol. The van der Waals surface area contributed by atoms with Crippen molar-refractivity contribution in [3.63, 3.8) is 0 Å².